The number of alkyl halides is 2. The molecule has 1 aliphatic heterocycles. The van der Waals surface area contributed by atoms with E-state index in [0.29, 0.717) is 11.9 Å². The number of rotatable bonds is 3. The normalized spacial score (nSPS) is 21.2. The minimum atomic E-state index is -3.44. The molecular weight excluding hydrogens is 393 g/mol. The van der Waals surface area contributed by atoms with Gasteiger partial charge in [-0.05, 0) is 25.0 Å². The predicted octanol–water partition coefficient (Wildman–Crippen LogP) is 4.12. The highest BCUT2D eigenvalue weighted by molar-refractivity contribution is 6.30. The molecule has 1 atom stereocenters. The summed E-state index contributed by atoms with van der Waals surface area (Å²) in [5.74, 6) is 1.23. The number of carbonyl (C=O) groups excluding carboxylic acids is 1. The van der Waals surface area contributed by atoms with Crippen LogP contribution in [0.25, 0.3) is 0 Å². The Kier molecular flexibility index (Phi) is 4.31. The van der Waals surface area contributed by atoms with Crippen molar-refractivity contribution in [3.63, 3.8) is 0 Å². The molecule has 4 rings (SSSR count). The van der Waals surface area contributed by atoms with Gasteiger partial charge < -0.3 is 10.6 Å². The highest BCUT2D eigenvalue weighted by Gasteiger charge is 2.55. The number of carbonyl (C=O) groups is 1. The first-order chi connectivity index (χ1) is 13.2. The fourth-order valence-corrected chi connectivity index (χ4v) is 3.29. The molecule has 0 bridgehead atoms. The molecule has 1 fully saturated rings. The summed E-state index contributed by atoms with van der Waals surface area (Å²) in [7, 11) is 0. The van der Waals surface area contributed by atoms with Gasteiger partial charge in [0.2, 0.25) is 0 Å². The molecule has 1 aliphatic carbocycles. The molecule has 2 heterocycles. The standard InChI is InChI=1S/C19H16ClF3N4O/c1-18(22,23)19(5-4-11-2-3-11)14-7-15(21)12(6-16(14)25-17(28)26-19)9-27-10-13(20)8-24-27/h6-8,10-11H,2-3,9H2,1H3,(H2,25,26,28)/t19-/m0/s1. The van der Waals surface area contributed by atoms with Gasteiger partial charge in [-0.25, -0.2) is 18.0 Å². The van der Waals surface area contributed by atoms with E-state index in [-0.39, 0.29) is 29.3 Å². The zero-order chi connectivity index (χ0) is 20.1. The molecule has 1 aromatic heterocycles. The molecule has 0 spiro atoms. The van der Waals surface area contributed by atoms with Crippen molar-refractivity contribution in [2.24, 2.45) is 5.92 Å². The molecule has 9 heteroatoms. The molecule has 2 N–H and O–H groups in total. The number of hydrogen-bond donors (Lipinski definition) is 2. The molecule has 0 saturated heterocycles. The monoisotopic (exact) mass is 408 g/mol. The van der Waals surface area contributed by atoms with E-state index in [1.54, 1.807) is 0 Å². The zero-order valence-corrected chi connectivity index (χ0v) is 15.6. The predicted molar refractivity (Wildman–Crippen MR) is 97.7 cm³/mol. The summed E-state index contributed by atoms with van der Waals surface area (Å²) >= 11 is 5.81. The van der Waals surface area contributed by atoms with Crippen LogP contribution in [0.5, 0.6) is 0 Å². The second-order valence-corrected chi connectivity index (χ2v) is 7.54. The number of nitrogens with zero attached hydrogens (tertiary/aromatic N) is 2. The zero-order valence-electron chi connectivity index (χ0n) is 14.8. The van der Waals surface area contributed by atoms with Crippen molar-refractivity contribution in [2.75, 3.05) is 5.32 Å². The number of fused-ring (bicyclic) bond motifs is 1. The summed E-state index contributed by atoms with van der Waals surface area (Å²) in [5.41, 5.74) is -2.15. The van der Waals surface area contributed by atoms with Crippen LogP contribution in [0.4, 0.5) is 23.7 Å². The summed E-state index contributed by atoms with van der Waals surface area (Å²) in [4.78, 5) is 12.2. The SMILES string of the molecule is CC(F)(F)[C@@]1(C#CC2CC2)NC(=O)Nc2cc(Cn3cc(Cl)cn3)c(F)cc21. The first-order valence-electron chi connectivity index (χ1n) is 8.68. The number of amides is 2. The van der Waals surface area contributed by atoms with Crippen LogP contribution in [-0.2, 0) is 12.1 Å². The van der Waals surface area contributed by atoms with Gasteiger partial charge in [0.05, 0.1) is 17.8 Å². The maximum Gasteiger partial charge on any atom is 0.320 e. The third kappa shape index (κ3) is 3.31. The van der Waals surface area contributed by atoms with E-state index in [2.05, 4.69) is 27.6 Å². The number of aromatic nitrogens is 2. The lowest BCUT2D eigenvalue weighted by Gasteiger charge is -2.40. The lowest BCUT2D eigenvalue weighted by molar-refractivity contribution is -0.0465. The van der Waals surface area contributed by atoms with Crippen molar-refractivity contribution in [3.05, 3.63) is 46.5 Å². The van der Waals surface area contributed by atoms with Crippen LogP contribution in [0.15, 0.2) is 24.5 Å². The summed E-state index contributed by atoms with van der Waals surface area (Å²) < 4.78 is 45.6. The molecule has 0 unspecified atom stereocenters. The third-order valence-electron chi connectivity index (χ3n) is 4.77. The first-order valence-corrected chi connectivity index (χ1v) is 9.06. The molecular formula is C19H16ClF3N4O. The average Bonchev–Trinajstić information content (AvgIpc) is 3.34. The van der Waals surface area contributed by atoms with E-state index in [1.807, 2.05) is 0 Å². The summed E-state index contributed by atoms with van der Waals surface area (Å²) in [6, 6.07) is 1.51. The Hall–Kier alpha value is -2.66. The van der Waals surface area contributed by atoms with Crippen molar-refractivity contribution in [2.45, 2.75) is 37.8 Å². The van der Waals surface area contributed by atoms with Crippen molar-refractivity contribution in [1.29, 1.82) is 0 Å². The molecule has 28 heavy (non-hydrogen) atoms. The summed E-state index contributed by atoms with van der Waals surface area (Å²) in [5, 5.41) is 9.07. The van der Waals surface area contributed by atoms with Crippen molar-refractivity contribution < 1.29 is 18.0 Å². The van der Waals surface area contributed by atoms with Gasteiger partial charge in [-0.1, -0.05) is 23.4 Å². The number of benzene rings is 1. The minimum Gasteiger partial charge on any atom is -0.312 e. The summed E-state index contributed by atoms with van der Waals surface area (Å²) in [6.07, 6.45) is 4.57. The van der Waals surface area contributed by atoms with Gasteiger partial charge in [-0.2, -0.15) is 5.10 Å². The van der Waals surface area contributed by atoms with Crippen LogP contribution in [0.3, 0.4) is 0 Å². The van der Waals surface area contributed by atoms with E-state index in [4.69, 9.17) is 11.6 Å². The van der Waals surface area contributed by atoms with E-state index >= 15 is 0 Å². The van der Waals surface area contributed by atoms with Crippen LogP contribution in [0, 0.1) is 23.6 Å². The molecule has 1 aromatic carbocycles. The summed E-state index contributed by atoms with van der Waals surface area (Å²) in [6.45, 7) is 0.694. The lowest BCUT2D eigenvalue weighted by atomic mass is 9.81. The van der Waals surface area contributed by atoms with Crippen LogP contribution in [-0.4, -0.2) is 21.7 Å². The largest absolute Gasteiger partial charge is 0.320 e. The number of urea groups is 1. The van der Waals surface area contributed by atoms with Crippen molar-refractivity contribution in [3.8, 4) is 11.8 Å². The van der Waals surface area contributed by atoms with E-state index in [1.165, 1.54) is 23.1 Å². The minimum absolute atomic E-state index is 0.0262. The Labute approximate surface area is 164 Å². The second-order valence-electron chi connectivity index (χ2n) is 7.11. The van der Waals surface area contributed by atoms with Gasteiger partial charge in [0, 0.05) is 35.9 Å². The number of nitrogens with one attached hydrogen (secondary N) is 2. The highest BCUT2D eigenvalue weighted by Crippen LogP contribution is 2.44. The van der Waals surface area contributed by atoms with Crippen LogP contribution >= 0.6 is 11.6 Å². The Bertz CT molecular complexity index is 1020. The Morgan fingerprint density at radius 1 is 1.43 bits per heavy atom. The van der Waals surface area contributed by atoms with Gasteiger partial charge in [-0.3, -0.25) is 4.68 Å². The van der Waals surface area contributed by atoms with E-state index < -0.39 is 23.3 Å². The highest BCUT2D eigenvalue weighted by atomic mass is 35.5. The van der Waals surface area contributed by atoms with Crippen molar-refractivity contribution >= 4 is 23.3 Å². The van der Waals surface area contributed by atoms with Crippen LogP contribution in [0.2, 0.25) is 5.02 Å². The number of anilines is 1. The van der Waals surface area contributed by atoms with Gasteiger partial charge >= 0.3 is 6.03 Å². The van der Waals surface area contributed by atoms with Crippen LogP contribution in [0.1, 0.15) is 30.9 Å². The molecule has 146 valence electrons. The Balaban J connectivity index is 1.82. The van der Waals surface area contributed by atoms with Gasteiger partial charge in [0.1, 0.15) is 5.82 Å². The maximum atomic E-state index is 14.8. The van der Waals surface area contributed by atoms with E-state index in [0.717, 1.165) is 18.9 Å². The molecule has 2 aromatic rings. The molecule has 2 amide bonds. The Morgan fingerprint density at radius 2 is 2.18 bits per heavy atom. The third-order valence-corrected chi connectivity index (χ3v) is 4.97. The van der Waals surface area contributed by atoms with E-state index in [9.17, 15) is 18.0 Å². The Morgan fingerprint density at radius 3 is 2.79 bits per heavy atom. The first kappa shape index (κ1) is 18.7. The number of hydrogen-bond acceptors (Lipinski definition) is 2. The second kappa shape index (κ2) is 6.45. The van der Waals surface area contributed by atoms with Gasteiger partial charge in [0.25, 0.3) is 5.92 Å². The average molecular weight is 409 g/mol. The van der Waals surface area contributed by atoms with Gasteiger partial charge in [0.15, 0.2) is 5.54 Å². The fourth-order valence-electron chi connectivity index (χ4n) is 3.14. The van der Waals surface area contributed by atoms with Crippen molar-refractivity contribution in [1.82, 2.24) is 15.1 Å². The fraction of sp³-hybridized carbons (Fsp3) is 0.368. The molecule has 5 nitrogen and oxygen atoms in total. The topological polar surface area (TPSA) is 59.0 Å². The molecule has 1 saturated carbocycles. The maximum absolute atomic E-state index is 14.8. The van der Waals surface area contributed by atoms with Gasteiger partial charge in [-0.15, -0.1) is 0 Å². The number of halogens is 4. The lowest BCUT2D eigenvalue weighted by Crippen LogP contribution is -2.59. The smallest absolute Gasteiger partial charge is 0.312 e. The molecule has 0 radical (unpaired) electrons. The quantitative estimate of drug-likeness (QED) is 0.750. The van der Waals surface area contributed by atoms with Crippen LogP contribution < -0.4 is 10.6 Å². The molecule has 2 aliphatic rings.